The molecule has 0 aliphatic carbocycles. The van der Waals surface area contributed by atoms with Crippen LogP contribution in [0.15, 0.2) is 28.2 Å². The average Bonchev–Trinajstić information content (AvgIpc) is 2.94. The third kappa shape index (κ3) is 3.46. The van der Waals surface area contributed by atoms with Crippen molar-refractivity contribution < 1.29 is 9.18 Å². The number of aromatic nitrogens is 2. The van der Waals surface area contributed by atoms with Gasteiger partial charge >= 0.3 is 0 Å². The van der Waals surface area contributed by atoms with Crippen molar-refractivity contribution in [3.8, 4) is 0 Å². The number of amides is 1. The fraction of sp³-hybridized carbons (Fsp3) is 0.389. The molecule has 0 saturated heterocycles. The molecule has 0 radical (unpaired) electrons. The van der Waals surface area contributed by atoms with E-state index in [1.807, 2.05) is 13.8 Å². The molecular formula is C18H20FN3O2S. The lowest BCUT2D eigenvalue weighted by Crippen LogP contribution is -2.30. The number of halogens is 1. The van der Waals surface area contributed by atoms with Crippen LogP contribution in [0, 0.1) is 19.7 Å². The van der Waals surface area contributed by atoms with Crippen LogP contribution < -0.4 is 10.9 Å². The number of hydrogen-bond donors (Lipinski definition) is 1. The van der Waals surface area contributed by atoms with Crippen molar-refractivity contribution in [3.63, 3.8) is 0 Å². The molecule has 1 aromatic heterocycles. The minimum Gasteiger partial charge on any atom is -0.326 e. The lowest BCUT2D eigenvalue weighted by molar-refractivity contribution is -0.116. The maximum Gasteiger partial charge on any atom is 0.257 e. The number of carbonyl (C=O) groups excluding carboxylic acids is 1. The minimum absolute atomic E-state index is 0.0609. The highest BCUT2D eigenvalue weighted by Crippen LogP contribution is 2.32. The van der Waals surface area contributed by atoms with E-state index >= 15 is 0 Å². The number of aryl methyl sites for hydroxylation is 2. The molecule has 2 heterocycles. The number of hydrogen-bond acceptors (Lipinski definition) is 4. The Morgan fingerprint density at radius 3 is 2.88 bits per heavy atom. The average molecular weight is 361 g/mol. The third-order valence-corrected chi connectivity index (χ3v) is 5.48. The Balaban J connectivity index is 1.78. The number of anilines is 1. The molecule has 0 fully saturated rings. The molecule has 3 rings (SSSR count). The van der Waals surface area contributed by atoms with Crippen LogP contribution >= 0.6 is 11.8 Å². The second-order valence-electron chi connectivity index (χ2n) is 6.17. The number of nitrogens with one attached hydrogen (secondary N) is 1. The molecule has 1 atom stereocenters. The number of benzene rings is 1. The van der Waals surface area contributed by atoms with Gasteiger partial charge in [-0.15, -0.1) is 0 Å². The summed E-state index contributed by atoms with van der Waals surface area (Å²) in [6.07, 6.45) is 0.771. The zero-order chi connectivity index (χ0) is 18.1. The van der Waals surface area contributed by atoms with Crippen LogP contribution in [0.1, 0.15) is 36.2 Å². The summed E-state index contributed by atoms with van der Waals surface area (Å²) in [6, 6.07) is 4.36. The number of rotatable bonds is 4. The van der Waals surface area contributed by atoms with Gasteiger partial charge in [0.05, 0.1) is 6.04 Å². The molecule has 1 aliphatic heterocycles. The first-order valence-corrected chi connectivity index (χ1v) is 9.20. The van der Waals surface area contributed by atoms with E-state index in [1.54, 1.807) is 23.6 Å². The summed E-state index contributed by atoms with van der Waals surface area (Å²) >= 11 is 1.49. The second kappa shape index (κ2) is 7.00. The van der Waals surface area contributed by atoms with Gasteiger partial charge in [0.25, 0.3) is 5.56 Å². The molecule has 2 aromatic rings. The number of thioether (sulfide) groups is 1. The highest BCUT2D eigenvalue weighted by Gasteiger charge is 2.29. The van der Waals surface area contributed by atoms with Crippen LogP contribution in [0.3, 0.4) is 0 Å². The fourth-order valence-electron chi connectivity index (χ4n) is 2.97. The van der Waals surface area contributed by atoms with Crippen LogP contribution in [0.25, 0.3) is 0 Å². The van der Waals surface area contributed by atoms with Gasteiger partial charge in [-0.1, -0.05) is 24.8 Å². The summed E-state index contributed by atoms with van der Waals surface area (Å²) in [5.74, 6) is 0.0279. The number of nitrogens with zero attached hydrogens (tertiary/aromatic N) is 2. The summed E-state index contributed by atoms with van der Waals surface area (Å²) in [7, 11) is 0. The Hall–Kier alpha value is -2.15. The van der Waals surface area contributed by atoms with Gasteiger partial charge in [0.15, 0.2) is 5.16 Å². The maximum atomic E-state index is 13.6. The van der Waals surface area contributed by atoms with Crippen molar-refractivity contribution in [2.45, 2.75) is 44.8 Å². The van der Waals surface area contributed by atoms with Gasteiger partial charge in [0.1, 0.15) is 5.82 Å². The lowest BCUT2D eigenvalue weighted by Gasteiger charge is -2.15. The predicted octanol–water partition coefficient (Wildman–Crippen LogP) is 3.24. The van der Waals surface area contributed by atoms with E-state index < -0.39 is 0 Å². The quantitative estimate of drug-likeness (QED) is 0.849. The molecule has 0 spiro atoms. The van der Waals surface area contributed by atoms with Crippen LogP contribution in [0.2, 0.25) is 0 Å². The van der Waals surface area contributed by atoms with E-state index in [0.29, 0.717) is 34.1 Å². The standard InChI is InChI=1S/C18H20FN3O2S/c1-4-14-11(3)20-18-22(17(14)24)13(9-25-18)8-16(23)21-12-6-5-10(2)15(19)7-12/h5-7,13H,4,8-9H2,1-3H3,(H,21,23). The largest absolute Gasteiger partial charge is 0.326 e. The zero-order valence-corrected chi connectivity index (χ0v) is 15.2. The van der Waals surface area contributed by atoms with Crippen LogP contribution in [0.4, 0.5) is 10.1 Å². The summed E-state index contributed by atoms with van der Waals surface area (Å²) in [5, 5.41) is 3.37. The van der Waals surface area contributed by atoms with Crippen molar-refractivity contribution >= 4 is 23.4 Å². The first-order valence-electron chi connectivity index (χ1n) is 8.21. The SMILES string of the molecule is CCc1c(C)nc2n(c1=O)C(CC(=O)Nc1ccc(C)c(F)c1)CS2. The zero-order valence-electron chi connectivity index (χ0n) is 14.4. The van der Waals surface area contributed by atoms with Crippen molar-refractivity contribution in [2.75, 3.05) is 11.1 Å². The molecule has 7 heteroatoms. The Labute approximate surface area is 149 Å². The maximum absolute atomic E-state index is 13.6. The summed E-state index contributed by atoms with van der Waals surface area (Å²) in [5.41, 5.74) is 2.33. The molecule has 1 unspecified atom stereocenters. The Morgan fingerprint density at radius 2 is 2.20 bits per heavy atom. The minimum atomic E-state index is -0.358. The summed E-state index contributed by atoms with van der Waals surface area (Å²) in [4.78, 5) is 29.5. The molecular weight excluding hydrogens is 341 g/mol. The van der Waals surface area contributed by atoms with Crippen molar-refractivity contribution in [1.82, 2.24) is 9.55 Å². The van der Waals surface area contributed by atoms with Gasteiger partial charge in [0.2, 0.25) is 5.91 Å². The van der Waals surface area contributed by atoms with Gasteiger partial charge in [-0.2, -0.15) is 0 Å². The topological polar surface area (TPSA) is 64.0 Å². The van der Waals surface area contributed by atoms with E-state index in [-0.39, 0.29) is 29.7 Å². The molecule has 1 aliphatic rings. The molecule has 0 bridgehead atoms. The Bertz CT molecular complexity index is 895. The smallest absolute Gasteiger partial charge is 0.257 e. The van der Waals surface area contributed by atoms with E-state index in [2.05, 4.69) is 10.3 Å². The van der Waals surface area contributed by atoms with Crippen LogP contribution in [-0.2, 0) is 11.2 Å². The molecule has 1 N–H and O–H groups in total. The molecule has 25 heavy (non-hydrogen) atoms. The van der Waals surface area contributed by atoms with Crippen LogP contribution in [0.5, 0.6) is 0 Å². The number of fused-ring (bicyclic) bond motifs is 1. The van der Waals surface area contributed by atoms with Gasteiger partial charge in [-0.25, -0.2) is 9.37 Å². The molecule has 1 aromatic carbocycles. The molecule has 0 saturated carbocycles. The van der Waals surface area contributed by atoms with Gasteiger partial charge in [0, 0.05) is 29.1 Å². The van der Waals surface area contributed by atoms with Crippen LogP contribution in [-0.4, -0.2) is 21.2 Å². The van der Waals surface area contributed by atoms with Crippen molar-refractivity contribution in [3.05, 3.63) is 51.2 Å². The number of carbonyl (C=O) groups is 1. The second-order valence-corrected chi connectivity index (χ2v) is 7.16. The Kier molecular flexibility index (Phi) is 4.94. The van der Waals surface area contributed by atoms with Gasteiger partial charge in [-0.3, -0.25) is 14.2 Å². The first-order chi connectivity index (χ1) is 11.9. The Morgan fingerprint density at radius 1 is 1.44 bits per heavy atom. The molecule has 1 amide bonds. The lowest BCUT2D eigenvalue weighted by atomic mass is 10.1. The molecule has 5 nitrogen and oxygen atoms in total. The monoisotopic (exact) mass is 361 g/mol. The van der Waals surface area contributed by atoms with Crippen molar-refractivity contribution in [1.29, 1.82) is 0 Å². The normalized spacial score (nSPS) is 15.9. The van der Waals surface area contributed by atoms with Gasteiger partial charge in [-0.05, 0) is 38.0 Å². The van der Waals surface area contributed by atoms with E-state index in [1.165, 1.54) is 17.8 Å². The van der Waals surface area contributed by atoms with Gasteiger partial charge < -0.3 is 5.32 Å². The highest BCUT2D eigenvalue weighted by molar-refractivity contribution is 7.99. The third-order valence-electron chi connectivity index (χ3n) is 4.38. The van der Waals surface area contributed by atoms with E-state index in [0.717, 1.165) is 5.69 Å². The predicted molar refractivity (Wildman–Crippen MR) is 96.8 cm³/mol. The van der Waals surface area contributed by atoms with E-state index in [9.17, 15) is 14.0 Å². The summed E-state index contributed by atoms with van der Waals surface area (Å²) < 4.78 is 15.2. The molecule has 132 valence electrons. The fourth-order valence-corrected chi connectivity index (χ4v) is 4.16. The first kappa shape index (κ1) is 17.7. The van der Waals surface area contributed by atoms with E-state index in [4.69, 9.17) is 0 Å². The highest BCUT2D eigenvalue weighted by atomic mass is 32.2. The summed E-state index contributed by atoms with van der Waals surface area (Å²) in [6.45, 7) is 5.43. The van der Waals surface area contributed by atoms with Crippen molar-refractivity contribution in [2.24, 2.45) is 0 Å².